The van der Waals surface area contributed by atoms with Crippen LogP contribution in [0.1, 0.15) is 24.8 Å². The highest BCUT2D eigenvalue weighted by Crippen LogP contribution is 2.42. The van der Waals surface area contributed by atoms with Gasteiger partial charge in [0, 0.05) is 18.1 Å². The van der Waals surface area contributed by atoms with Gasteiger partial charge in [-0.05, 0) is 48.4 Å². The Morgan fingerprint density at radius 3 is 2.90 bits per heavy atom. The molecule has 1 aromatic rings. The highest BCUT2D eigenvalue weighted by molar-refractivity contribution is 6.30. The van der Waals surface area contributed by atoms with Crippen LogP contribution in [0.3, 0.4) is 0 Å². The van der Waals surface area contributed by atoms with Crippen LogP contribution in [0.25, 0.3) is 0 Å². The first-order valence-corrected chi connectivity index (χ1v) is 7.34. The number of halogens is 2. The van der Waals surface area contributed by atoms with E-state index < -0.39 is 12.0 Å². The Hall–Kier alpha value is -1.13. The van der Waals surface area contributed by atoms with E-state index in [1.807, 2.05) is 4.90 Å². The quantitative estimate of drug-likeness (QED) is 0.931. The third-order valence-electron chi connectivity index (χ3n) is 4.55. The summed E-state index contributed by atoms with van der Waals surface area (Å²) in [7, 11) is 0. The maximum absolute atomic E-state index is 13.4. The van der Waals surface area contributed by atoms with E-state index in [2.05, 4.69) is 0 Å². The Kier molecular flexibility index (Phi) is 3.69. The third kappa shape index (κ3) is 2.54. The first kappa shape index (κ1) is 13.8. The van der Waals surface area contributed by atoms with E-state index in [1.54, 1.807) is 6.07 Å². The molecular formula is C15H17ClFNO2. The van der Waals surface area contributed by atoms with Gasteiger partial charge >= 0.3 is 5.97 Å². The molecule has 1 aromatic carbocycles. The highest BCUT2D eigenvalue weighted by atomic mass is 35.5. The van der Waals surface area contributed by atoms with Gasteiger partial charge in [-0.25, -0.2) is 4.39 Å². The lowest BCUT2D eigenvalue weighted by molar-refractivity contribution is -0.143. The Balaban J connectivity index is 1.81. The number of hydrogen-bond donors (Lipinski definition) is 1. The van der Waals surface area contributed by atoms with E-state index in [0.717, 1.165) is 31.4 Å². The second-order valence-corrected chi connectivity index (χ2v) is 6.28. The zero-order valence-electron chi connectivity index (χ0n) is 11.1. The van der Waals surface area contributed by atoms with Crippen molar-refractivity contribution in [1.29, 1.82) is 0 Å². The predicted octanol–water partition coefficient (Wildman–Crippen LogP) is 3.16. The number of benzene rings is 1. The molecule has 0 aromatic heterocycles. The van der Waals surface area contributed by atoms with E-state index in [1.165, 1.54) is 12.1 Å². The summed E-state index contributed by atoms with van der Waals surface area (Å²) in [4.78, 5) is 13.5. The molecule has 0 bridgehead atoms. The molecule has 108 valence electrons. The van der Waals surface area contributed by atoms with Crippen LogP contribution in [0, 0.1) is 17.7 Å². The summed E-state index contributed by atoms with van der Waals surface area (Å²) in [5, 5.41) is 9.83. The fraction of sp³-hybridized carbons (Fsp3) is 0.533. The van der Waals surface area contributed by atoms with Gasteiger partial charge in [0.05, 0.1) is 0 Å². The minimum absolute atomic E-state index is 0.247. The van der Waals surface area contributed by atoms with Crippen molar-refractivity contribution in [2.75, 3.05) is 6.54 Å². The molecule has 3 rings (SSSR count). The second kappa shape index (κ2) is 5.34. The molecule has 3 nitrogen and oxygen atoms in total. The van der Waals surface area contributed by atoms with Gasteiger partial charge in [-0.2, -0.15) is 0 Å². The zero-order chi connectivity index (χ0) is 14.3. The van der Waals surface area contributed by atoms with Crippen LogP contribution in [0.4, 0.5) is 4.39 Å². The van der Waals surface area contributed by atoms with E-state index in [0.29, 0.717) is 17.5 Å². The molecule has 0 amide bonds. The number of fused-ring (bicyclic) bond motifs is 1. The van der Waals surface area contributed by atoms with Gasteiger partial charge in [-0.3, -0.25) is 9.69 Å². The largest absolute Gasteiger partial charge is 0.480 e. The SMILES string of the molecule is O=C(O)C1C2CCCC2CN1Cc1cc(F)cc(Cl)c1. The predicted molar refractivity (Wildman–Crippen MR) is 74.1 cm³/mol. The summed E-state index contributed by atoms with van der Waals surface area (Å²) in [6.07, 6.45) is 3.22. The Labute approximate surface area is 122 Å². The summed E-state index contributed by atoms with van der Waals surface area (Å²) in [5.74, 6) is -0.419. The molecule has 0 radical (unpaired) electrons. The van der Waals surface area contributed by atoms with E-state index in [-0.39, 0.29) is 11.7 Å². The average molecular weight is 298 g/mol. The number of hydrogen-bond acceptors (Lipinski definition) is 2. The number of carbonyl (C=O) groups is 1. The molecular weight excluding hydrogens is 281 g/mol. The normalized spacial score (nSPS) is 29.6. The molecule has 1 aliphatic carbocycles. The Bertz CT molecular complexity index is 516. The van der Waals surface area contributed by atoms with Gasteiger partial charge in [0.15, 0.2) is 0 Å². The van der Waals surface area contributed by atoms with Crippen LogP contribution in [0.5, 0.6) is 0 Å². The van der Waals surface area contributed by atoms with Crippen molar-refractivity contribution in [1.82, 2.24) is 4.90 Å². The smallest absolute Gasteiger partial charge is 0.321 e. The van der Waals surface area contributed by atoms with Gasteiger partial charge < -0.3 is 5.11 Å². The van der Waals surface area contributed by atoms with Crippen molar-refractivity contribution in [3.63, 3.8) is 0 Å². The summed E-state index contributed by atoms with van der Waals surface area (Å²) in [6.45, 7) is 1.23. The maximum atomic E-state index is 13.4. The van der Waals surface area contributed by atoms with Crippen molar-refractivity contribution in [3.8, 4) is 0 Å². The minimum atomic E-state index is -0.762. The molecule has 20 heavy (non-hydrogen) atoms. The summed E-state index contributed by atoms with van der Waals surface area (Å²) in [5.41, 5.74) is 0.737. The molecule has 5 heteroatoms. The lowest BCUT2D eigenvalue weighted by Gasteiger charge is -2.24. The molecule has 1 saturated heterocycles. The van der Waals surface area contributed by atoms with Crippen molar-refractivity contribution in [2.24, 2.45) is 11.8 Å². The molecule has 1 saturated carbocycles. The molecule has 2 aliphatic rings. The third-order valence-corrected chi connectivity index (χ3v) is 4.77. The second-order valence-electron chi connectivity index (χ2n) is 5.85. The van der Waals surface area contributed by atoms with Crippen LogP contribution >= 0.6 is 11.6 Å². The van der Waals surface area contributed by atoms with Crippen molar-refractivity contribution in [2.45, 2.75) is 31.8 Å². The highest BCUT2D eigenvalue weighted by Gasteiger charge is 2.47. The molecule has 1 aliphatic heterocycles. The fourth-order valence-electron chi connectivity index (χ4n) is 3.83. The van der Waals surface area contributed by atoms with Crippen LogP contribution < -0.4 is 0 Å². The van der Waals surface area contributed by atoms with Crippen molar-refractivity contribution >= 4 is 17.6 Å². The fourth-order valence-corrected chi connectivity index (χ4v) is 4.08. The van der Waals surface area contributed by atoms with Gasteiger partial charge in [0.1, 0.15) is 11.9 Å². The molecule has 0 spiro atoms. The summed E-state index contributed by atoms with van der Waals surface area (Å²) < 4.78 is 13.4. The molecule has 1 N–H and O–H groups in total. The molecule has 3 atom stereocenters. The monoisotopic (exact) mass is 297 g/mol. The number of carboxylic acid groups (broad SMARTS) is 1. The van der Waals surface area contributed by atoms with Crippen LogP contribution in [0.2, 0.25) is 5.02 Å². The number of rotatable bonds is 3. The number of nitrogens with zero attached hydrogens (tertiary/aromatic N) is 1. The molecule has 2 fully saturated rings. The zero-order valence-corrected chi connectivity index (χ0v) is 11.8. The Morgan fingerprint density at radius 2 is 2.20 bits per heavy atom. The van der Waals surface area contributed by atoms with Gasteiger partial charge in [0.2, 0.25) is 0 Å². The van der Waals surface area contributed by atoms with Gasteiger partial charge in [-0.1, -0.05) is 18.0 Å². The maximum Gasteiger partial charge on any atom is 0.321 e. The first-order chi connectivity index (χ1) is 9.54. The Morgan fingerprint density at radius 1 is 1.40 bits per heavy atom. The van der Waals surface area contributed by atoms with Crippen LogP contribution in [0.15, 0.2) is 18.2 Å². The van der Waals surface area contributed by atoms with E-state index in [9.17, 15) is 14.3 Å². The van der Waals surface area contributed by atoms with Crippen LogP contribution in [-0.2, 0) is 11.3 Å². The van der Waals surface area contributed by atoms with Crippen molar-refractivity contribution < 1.29 is 14.3 Å². The lowest BCUT2D eigenvalue weighted by Crippen LogP contribution is -2.39. The van der Waals surface area contributed by atoms with Gasteiger partial charge in [0.25, 0.3) is 0 Å². The molecule has 1 heterocycles. The van der Waals surface area contributed by atoms with E-state index in [4.69, 9.17) is 11.6 Å². The summed E-state index contributed by atoms with van der Waals surface area (Å²) >= 11 is 5.86. The lowest BCUT2D eigenvalue weighted by atomic mass is 9.94. The van der Waals surface area contributed by atoms with Crippen LogP contribution in [-0.4, -0.2) is 28.6 Å². The molecule has 3 unspecified atom stereocenters. The van der Waals surface area contributed by atoms with Crippen molar-refractivity contribution in [3.05, 3.63) is 34.6 Å². The van der Waals surface area contributed by atoms with E-state index >= 15 is 0 Å². The number of carboxylic acids is 1. The first-order valence-electron chi connectivity index (χ1n) is 6.96. The number of aliphatic carboxylic acids is 1. The topological polar surface area (TPSA) is 40.5 Å². The van der Waals surface area contributed by atoms with Gasteiger partial charge in [-0.15, -0.1) is 0 Å². The average Bonchev–Trinajstić information content (AvgIpc) is 2.86. The standard InChI is InChI=1S/C15H17ClFNO2/c16-11-4-9(5-12(17)6-11)7-18-8-10-2-1-3-13(10)14(18)15(19)20/h4-6,10,13-14H,1-3,7-8H2,(H,19,20). The minimum Gasteiger partial charge on any atom is -0.480 e. The number of likely N-dealkylation sites (tertiary alicyclic amines) is 1. The summed E-state index contributed by atoms with van der Waals surface area (Å²) in [6, 6.07) is 3.96.